The topological polar surface area (TPSA) is 62.7 Å². The smallest absolute Gasteiger partial charge is 0.309 e. The van der Waals surface area contributed by atoms with Gasteiger partial charge in [0.1, 0.15) is 23.6 Å². The van der Waals surface area contributed by atoms with Crippen molar-refractivity contribution < 1.29 is 27.8 Å². The molecule has 0 amide bonds. The zero-order valence-corrected chi connectivity index (χ0v) is 21.4. The van der Waals surface area contributed by atoms with E-state index in [4.69, 9.17) is 16.3 Å². The van der Waals surface area contributed by atoms with Crippen LogP contribution in [0.15, 0.2) is 42.6 Å². The van der Waals surface area contributed by atoms with Crippen LogP contribution in [0.1, 0.15) is 49.4 Å². The molecule has 1 aromatic heterocycles. The average molecular weight is 535 g/mol. The fraction of sp³-hybridized carbons (Fsp3) is 0.429. The number of benzene rings is 2. The van der Waals surface area contributed by atoms with Crippen molar-refractivity contribution in [3.05, 3.63) is 70.4 Å². The molecule has 0 aliphatic carbocycles. The van der Waals surface area contributed by atoms with E-state index in [2.05, 4.69) is 9.88 Å². The van der Waals surface area contributed by atoms with Gasteiger partial charge in [-0.15, -0.1) is 0 Å². The largest absolute Gasteiger partial charge is 0.497 e. The second kappa shape index (κ2) is 11.7. The zero-order chi connectivity index (χ0) is 26.6. The minimum absolute atomic E-state index is 0.0213. The van der Waals surface area contributed by atoms with Crippen molar-refractivity contribution in [2.75, 3.05) is 26.7 Å². The lowest BCUT2D eigenvalue weighted by Crippen LogP contribution is -2.44. The highest BCUT2D eigenvalue weighted by molar-refractivity contribution is 6.32. The van der Waals surface area contributed by atoms with E-state index >= 15 is 4.39 Å². The molecular weight excluding hydrogens is 505 g/mol. The lowest BCUT2D eigenvalue weighted by molar-refractivity contribution is -0.153. The summed E-state index contributed by atoms with van der Waals surface area (Å²) in [6.45, 7) is 1.83. The normalized spacial score (nSPS) is 16.6. The van der Waals surface area contributed by atoms with Crippen LogP contribution < -0.4 is 4.74 Å². The molecular formula is C28H30ClF3N2O3. The Morgan fingerprint density at radius 2 is 1.89 bits per heavy atom. The third-order valence-corrected chi connectivity index (χ3v) is 7.69. The Bertz CT molecular complexity index is 1240. The summed E-state index contributed by atoms with van der Waals surface area (Å²) in [5, 5.41) is 10.8. The van der Waals surface area contributed by atoms with E-state index in [1.807, 2.05) is 0 Å². The first-order valence-electron chi connectivity index (χ1n) is 12.4. The first kappa shape index (κ1) is 27.2. The molecule has 1 aliphatic rings. The molecule has 0 bridgehead atoms. The SMILES string of the molecule is COc1ccc2ncc(Cl)c([C@H](F)CCC3(C(=O)O)CCN(CCCc4cc(F)cc(F)c4)CC3)c2c1. The molecule has 5 nitrogen and oxygen atoms in total. The molecule has 0 unspecified atom stereocenters. The molecule has 4 rings (SSSR count). The van der Waals surface area contributed by atoms with E-state index in [1.165, 1.54) is 25.4 Å². The second-order valence-corrected chi connectivity index (χ2v) is 10.1. The maximum atomic E-state index is 15.6. The zero-order valence-electron chi connectivity index (χ0n) is 20.7. The predicted molar refractivity (Wildman–Crippen MR) is 137 cm³/mol. The van der Waals surface area contributed by atoms with Gasteiger partial charge in [-0.1, -0.05) is 11.6 Å². The van der Waals surface area contributed by atoms with E-state index in [-0.39, 0.29) is 17.9 Å². The number of carboxylic acid groups (broad SMARTS) is 1. The molecule has 37 heavy (non-hydrogen) atoms. The van der Waals surface area contributed by atoms with Crippen molar-refractivity contribution in [2.45, 2.75) is 44.7 Å². The molecule has 1 fully saturated rings. The number of alkyl halides is 1. The van der Waals surface area contributed by atoms with Gasteiger partial charge in [-0.3, -0.25) is 9.78 Å². The summed E-state index contributed by atoms with van der Waals surface area (Å²) >= 11 is 6.33. The molecule has 1 atom stereocenters. The molecule has 2 heterocycles. The summed E-state index contributed by atoms with van der Waals surface area (Å²) < 4.78 is 47.7. The molecule has 0 spiro atoms. The highest BCUT2D eigenvalue weighted by Crippen LogP contribution is 2.42. The third kappa shape index (κ3) is 6.36. The van der Waals surface area contributed by atoms with Crippen molar-refractivity contribution in [3.63, 3.8) is 0 Å². The van der Waals surface area contributed by atoms with Crippen molar-refractivity contribution in [3.8, 4) is 5.75 Å². The van der Waals surface area contributed by atoms with Gasteiger partial charge in [-0.05, 0) is 94.1 Å². The van der Waals surface area contributed by atoms with Gasteiger partial charge in [0.05, 0.1) is 23.1 Å². The highest BCUT2D eigenvalue weighted by Gasteiger charge is 2.41. The number of fused-ring (bicyclic) bond motifs is 1. The summed E-state index contributed by atoms with van der Waals surface area (Å²) in [6, 6.07) is 8.68. The number of methoxy groups -OCH3 is 1. The molecule has 1 N–H and O–H groups in total. The van der Waals surface area contributed by atoms with Crippen LogP contribution in [0.4, 0.5) is 13.2 Å². The predicted octanol–water partition coefficient (Wildman–Crippen LogP) is 6.77. The molecule has 9 heteroatoms. The van der Waals surface area contributed by atoms with Crippen LogP contribution in [-0.2, 0) is 11.2 Å². The number of aryl methyl sites for hydroxylation is 1. The summed E-state index contributed by atoms with van der Waals surface area (Å²) in [5.74, 6) is -1.54. The Labute approximate surface area is 219 Å². The first-order valence-corrected chi connectivity index (χ1v) is 12.8. The second-order valence-electron chi connectivity index (χ2n) is 9.72. The van der Waals surface area contributed by atoms with E-state index < -0.39 is 29.2 Å². The fourth-order valence-corrected chi connectivity index (χ4v) is 5.47. The van der Waals surface area contributed by atoms with Crippen LogP contribution in [0.2, 0.25) is 5.02 Å². The molecule has 0 saturated carbocycles. The summed E-state index contributed by atoms with van der Waals surface area (Å²) in [5.41, 5.74) is 0.477. The van der Waals surface area contributed by atoms with Gasteiger partial charge in [0.2, 0.25) is 0 Å². The average Bonchev–Trinajstić information content (AvgIpc) is 2.87. The van der Waals surface area contributed by atoms with Crippen molar-refractivity contribution >= 4 is 28.5 Å². The molecule has 3 aromatic rings. The molecule has 198 valence electrons. The summed E-state index contributed by atoms with van der Waals surface area (Å²) in [4.78, 5) is 18.7. The Hall–Kier alpha value is -2.84. The number of carbonyl (C=O) groups is 1. The lowest BCUT2D eigenvalue weighted by Gasteiger charge is -2.39. The number of ether oxygens (including phenoxy) is 1. The van der Waals surface area contributed by atoms with Crippen molar-refractivity contribution in [2.24, 2.45) is 5.41 Å². The quantitative estimate of drug-likeness (QED) is 0.311. The standard InChI is InChI=1S/C28H30ClF3N2O3/c1-37-21-4-5-25-22(16-21)26(23(29)17-33-25)24(32)6-7-28(27(35)36)8-11-34(12-9-28)10-2-3-18-13-19(30)15-20(31)14-18/h4-5,13-17,24H,2-3,6-12H2,1H3,(H,35,36)/t24-/m1/s1. The van der Waals surface area contributed by atoms with Gasteiger partial charge in [0.25, 0.3) is 0 Å². The Balaban J connectivity index is 1.37. The first-order chi connectivity index (χ1) is 17.7. The van der Waals surface area contributed by atoms with Gasteiger partial charge in [0, 0.05) is 23.2 Å². The minimum atomic E-state index is -1.45. The van der Waals surface area contributed by atoms with Crippen LogP contribution in [-0.4, -0.2) is 47.7 Å². The highest BCUT2D eigenvalue weighted by atomic mass is 35.5. The number of halogens is 4. The van der Waals surface area contributed by atoms with E-state index in [9.17, 15) is 18.7 Å². The van der Waals surface area contributed by atoms with Crippen LogP contribution >= 0.6 is 11.6 Å². The number of likely N-dealkylation sites (tertiary alicyclic amines) is 1. The van der Waals surface area contributed by atoms with Gasteiger partial charge >= 0.3 is 5.97 Å². The Kier molecular flexibility index (Phi) is 8.60. The molecule has 0 radical (unpaired) electrons. The maximum absolute atomic E-state index is 15.6. The monoisotopic (exact) mass is 534 g/mol. The van der Waals surface area contributed by atoms with E-state index in [0.29, 0.717) is 73.1 Å². The Morgan fingerprint density at radius 3 is 2.54 bits per heavy atom. The van der Waals surface area contributed by atoms with Gasteiger partial charge in [-0.2, -0.15) is 0 Å². The number of hydrogen-bond acceptors (Lipinski definition) is 4. The lowest BCUT2D eigenvalue weighted by atomic mass is 9.74. The number of rotatable bonds is 10. The molecule has 1 saturated heterocycles. The number of pyridine rings is 1. The van der Waals surface area contributed by atoms with Crippen LogP contribution in [0.5, 0.6) is 5.75 Å². The third-order valence-electron chi connectivity index (χ3n) is 7.39. The summed E-state index contributed by atoms with van der Waals surface area (Å²) in [6.07, 6.45) is 2.21. The molecule has 2 aromatic carbocycles. The number of aromatic nitrogens is 1. The maximum Gasteiger partial charge on any atom is 0.309 e. The van der Waals surface area contributed by atoms with Crippen LogP contribution in [0.25, 0.3) is 10.9 Å². The number of aliphatic carboxylic acids is 1. The fourth-order valence-electron chi connectivity index (χ4n) is 5.20. The van der Waals surface area contributed by atoms with Gasteiger partial charge in [0.15, 0.2) is 0 Å². The Morgan fingerprint density at radius 1 is 1.19 bits per heavy atom. The van der Waals surface area contributed by atoms with Gasteiger partial charge < -0.3 is 14.7 Å². The molecule has 1 aliphatic heterocycles. The van der Waals surface area contributed by atoms with E-state index in [0.717, 1.165) is 6.07 Å². The van der Waals surface area contributed by atoms with Gasteiger partial charge in [-0.25, -0.2) is 13.2 Å². The number of hydrogen-bond donors (Lipinski definition) is 1. The van der Waals surface area contributed by atoms with Crippen molar-refractivity contribution in [1.82, 2.24) is 9.88 Å². The van der Waals surface area contributed by atoms with Crippen LogP contribution in [0.3, 0.4) is 0 Å². The van der Waals surface area contributed by atoms with Crippen molar-refractivity contribution in [1.29, 1.82) is 0 Å². The number of piperidine rings is 1. The van der Waals surface area contributed by atoms with E-state index in [1.54, 1.807) is 18.2 Å². The number of carboxylic acids is 1. The van der Waals surface area contributed by atoms with Crippen LogP contribution in [0, 0.1) is 17.0 Å². The summed E-state index contributed by atoms with van der Waals surface area (Å²) in [7, 11) is 1.52. The minimum Gasteiger partial charge on any atom is -0.497 e. The number of nitrogens with zero attached hydrogens (tertiary/aromatic N) is 2.